The number of anilines is 1. The Morgan fingerprint density at radius 2 is 2.18 bits per heavy atom. The lowest BCUT2D eigenvalue weighted by Crippen LogP contribution is -2.42. The van der Waals surface area contributed by atoms with Gasteiger partial charge in [0.1, 0.15) is 5.82 Å². The molecule has 3 aromatic rings. The van der Waals surface area contributed by atoms with Crippen LogP contribution in [0.3, 0.4) is 0 Å². The van der Waals surface area contributed by atoms with Gasteiger partial charge in [0.2, 0.25) is 11.8 Å². The van der Waals surface area contributed by atoms with E-state index in [9.17, 15) is 9.18 Å². The van der Waals surface area contributed by atoms with Crippen LogP contribution in [-0.2, 0) is 11.3 Å². The maximum atomic E-state index is 13.2. The van der Waals surface area contributed by atoms with Crippen molar-refractivity contribution >= 4 is 23.2 Å². The van der Waals surface area contributed by atoms with Crippen molar-refractivity contribution in [2.45, 2.75) is 32.9 Å². The zero-order valence-electron chi connectivity index (χ0n) is 15.5. The van der Waals surface area contributed by atoms with E-state index in [1.54, 1.807) is 19.1 Å². The van der Waals surface area contributed by atoms with Crippen LogP contribution in [0.15, 0.2) is 45.4 Å². The van der Waals surface area contributed by atoms with E-state index in [1.165, 1.54) is 18.4 Å². The molecule has 0 aliphatic carbocycles. The Morgan fingerprint density at radius 1 is 1.36 bits per heavy atom. The molecule has 0 saturated carbocycles. The molecule has 0 unspecified atom stereocenters. The Morgan fingerprint density at radius 3 is 2.86 bits per heavy atom. The third kappa shape index (κ3) is 4.76. The molecular weight excluding hydrogens is 387 g/mol. The Balaban J connectivity index is 1.69. The van der Waals surface area contributed by atoms with E-state index in [4.69, 9.17) is 20.4 Å². The normalized spacial score (nSPS) is 12.3. The van der Waals surface area contributed by atoms with Crippen molar-refractivity contribution < 1.29 is 18.0 Å². The summed E-state index contributed by atoms with van der Waals surface area (Å²) in [4.78, 5) is 14.6. The van der Waals surface area contributed by atoms with Gasteiger partial charge < -0.3 is 14.2 Å². The van der Waals surface area contributed by atoms with Gasteiger partial charge in [-0.2, -0.15) is 0 Å². The van der Waals surface area contributed by atoms with Crippen molar-refractivity contribution in [2.75, 3.05) is 11.9 Å². The lowest BCUT2D eigenvalue weighted by atomic mass is 10.2. The van der Waals surface area contributed by atoms with Gasteiger partial charge in [-0.1, -0.05) is 18.5 Å². The summed E-state index contributed by atoms with van der Waals surface area (Å²) in [7, 11) is 0. The third-order valence-corrected chi connectivity index (χ3v) is 4.48. The number of amides is 1. The number of hydrogen-bond acceptors (Lipinski definition) is 6. The number of furan rings is 1. The molecule has 0 spiro atoms. The van der Waals surface area contributed by atoms with Crippen molar-refractivity contribution in [1.29, 1.82) is 0 Å². The number of hydrogen-bond donors (Lipinski definition) is 1. The molecule has 0 aliphatic heterocycles. The highest BCUT2D eigenvalue weighted by Crippen LogP contribution is 2.23. The maximum absolute atomic E-state index is 13.2. The fourth-order valence-corrected chi connectivity index (χ4v) is 2.90. The number of aromatic nitrogens is 2. The van der Waals surface area contributed by atoms with E-state index >= 15 is 0 Å². The minimum absolute atomic E-state index is 0.141. The second-order valence-electron chi connectivity index (χ2n) is 6.24. The van der Waals surface area contributed by atoms with Gasteiger partial charge in [0.25, 0.3) is 5.89 Å². The Hall–Kier alpha value is -2.71. The largest absolute Gasteiger partial charge is 0.459 e. The molecule has 2 aromatic heterocycles. The molecule has 148 valence electrons. The number of carbonyl (C=O) groups excluding carboxylic acids is 1. The lowest BCUT2D eigenvalue weighted by molar-refractivity contribution is -0.121. The summed E-state index contributed by atoms with van der Waals surface area (Å²) < 4.78 is 24.1. The molecule has 0 fully saturated rings. The highest BCUT2D eigenvalue weighted by molar-refractivity contribution is 6.33. The Kier molecular flexibility index (Phi) is 6.43. The van der Waals surface area contributed by atoms with Crippen LogP contribution in [0.25, 0.3) is 11.7 Å². The van der Waals surface area contributed by atoms with Crippen LogP contribution in [0, 0.1) is 5.82 Å². The van der Waals surface area contributed by atoms with Gasteiger partial charge in [-0.3, -0.25) is 9.69 Å². The van der Waals surface area contributed by atoms with Crippen LogP contribution in [-0.4, -0.2) is 33.6 Å². The number of carbonyl (C=O) groups is 1. The number of benzene rings is 1. The SMILES string of the molecule is CCCN(Cc1nnc(-c2ccco2)o1)[C@@H](C)C(=O)Nc1ccc(F)cc1Cl. The number of halogens is 2. The average Bonchev–Trinajstić information content (AvgIpc) is 3.34. The van der Waals surface area contributed by atoms with Gasteiger partial charge in [0.15, 0.2) is 5.76 Å². The topological polar surface area (TPSA) is 84.4 Å². The van der Waals surface area contributed by atoms with Gasteiger partial charge >= 0.3 is 0 Å². The zero-order valence-corrected chi connectivity index (χ0v) is 16.2. The first-order valence-corrected chi connectivity index (χ1v) is 9.22. The van der Waals surface area contributed by atoms with E-state index in [0.717, 1.165) is 12.5 Å². The van der Waals surface area contributed by atoms with Crippen molar-refractivity contribution in [3.63, 3.8) is 0 Å². The van der Waals surface area contributed by atoms with E-state index in [0.29, 0.717) is 30.4 Å². The van der Waals surface area contributed by atoms with Gasteiger partial charge in [0.05, 0.1) is 29.6 Å². The van der Waals surface area contributed by atoms with Crippen molar-refractivity contribution in [3.8, 4) is 11.7 Å². The molecule has 1 amide bonds. The average molecular weight is 407 g/mol. The van der Waals surface area contributed by atoms with Crippen LogP contribution in [0.2, 0.25) is 5.02 Å². The summed E-state index contributed by atoms with van der Waals surface area (Å²) in [5.41, 5.74) is 0.356. The smallest absolute Gasteiger partial charge is 0.283 e. The lowest BCUT2D eigenvalue weighted by Gasteiger charge is -2.26. The first kappa shape index (κ1) is 20.0. The quantitative estimate of drug-likeness (QED) is 0.598. The summed E-state index contributed by atoms with van der Waals surface area (Å²) in [6.07, 6.45) is 2.35. The first-order chi connectivity index (χ1) is 13.5. The van der Waals surface area contributed by atoms with Crippen molar-refractivity contribution in [2.24, 2.45) is 0 Å². The molecule has 7 nitrogen and oxygen atoms in total. The summed E-state index contributed by atoms with van der Waals surface area (Å²) in [6, 6.07) is 6.78. The third-order valence-electron chi connectivity index (χ3n) is 4.16. The van der Waals surface area contributed by atoms with Crippen LogP contribution >= 0.6 is 11.6 Å². The van der Waals surface area contributed by atoms with Crippen LogP contribution < -0.4 is 5.32 Å². The second kappa shape index (κ2) is 8.99. The molecule has 1 atom stereocenters. The zero-order chi connectivity index (χ0) is 20.1. The monoisotopic (exact) mass is 406 g/mol. The summed E-state index contributed by atoms with van der Waals surface area (Å²) in [5, 5.41) is 10.9. The molecule has 2 heterocycles. The second-order valence-corrected chi connectivity index (χ2v) is 6.65. The Labute approximate surface area is 166 Å². The van der Waals surface area contributed by atoms with Gasteiger partial charge in [-0.15, -0.1) is 10.2 Å². The fraction of sp³-hybridized carbons (Fsp3) is 0.316. The number of nitrogens with zero attached hydrogens (tertiary/aromatic N) is 3. The fourth-order valence-electron chi connectivity index (χ4n) is 2.68. The molecule has 0 radical (unpaired) electrons. The van der Waals surface area contributed by atoms with Crippen LogP contribution in [0.5, 0.6) is 0 Å². The van der Waals surface area contributed by atoms with Crippen molar-refractivity contribution in [3.05, 3.63) is 53.3 Å². The van der Waals surface area contributed by atoms with E-state index in [2.05, 4.69) is 15.5 Å². The molecular formula is C19H20ClFN4O3. The Bertz CT molecular complexity index is 929. The van der Waals surface area contributed by atoms with Gasteiger partial charge in [-0.05, 0) is 50.2 Å². The van der Waals surface area contributed by atoms with E-state index < -0.39 is 11.9 Å². The van der Waals surface area contributed by atoms with Crippen molar-refractivity contribution in [1.82, 2.24) is 15.1 Å². The molecule has 9 heteroatoms. The minimum Gasteiger partial charge on any atom is -0.459 e. The van der Waals surface area contributed by atoms with E-state index in [1.807, 2.05) is 11.8 Å². The highest BCUT2D eigenvalue weighted by atomic mass is 35.5. The molecule has 1 aromatic carbocycles. The number of nitrogens with one attached hydrogen (secondary N) is 1. The predicted octanol–water partition coefficient (Wildman–Crippen LogP) is 4.36. The molecule has 0 saturated heterocycles. The van der Waals surface area contributed by atoms with Crippen LogP contribution in [0.1, 0.15) is 26.2 Å². The van der Waals surface area contributed by atoms with E-state index in [-0.39, 0.29) is 16.8 Å². The molecule has 0 bridgehead atoms. The highest BCUT2D eigenvalue weighted by Gasteiger charge is 2.24. The predicted molar refractivity (Wildman–Crippen MR) is 102 cm³/mol. The first-order valence-electron chi connectivity index (χ1n) is 8.84. The molecule has 0 aliphatic rings. The minimum atomic E-state index is -0.500. The summed E-state index contributed by atoms with van der Waals surface area (Å²) in [6.45, 7) is 4.72. The molecule has 1 N–H and O–H groups in total. The summed E-state index contributed by atoms with van der Waals surface area (Å²) >= 11 is 5.99. The maximum Gasteiger partial charge on any atom is 0.283 e. The number of rotatable bonds is 8. The summed E-state index contributed by atoms with van der Waals surface area (Å²) in [5.74, 6) is 0.406. The molecule has 3 rings (SSSR count). The molecule has 28 heavy (non-hydrogen) atoms. The van der Waals surface area contributed by atoms with Gasteiger partial charge in [-0.25, -0.2) is 4.39 Å². The van der Waals surface area contributed by atoms with Gasteiger partial charge in [0, 0.05) is 0 Å². The van der Waals surface area contributed by atoms with Crippen LogP contribution in [0.4, 0.5) is 10.1 Å². The standard InChI is InChI=1S/C19H20ClFN4O3/c1-3-8-25(11-17-23-24-19(28-17)16-5-4-9-27-16)12(2)18(26)22-15-7-6-13(21)10-14(15)20/h4-7,9-10,12H,3,8,11H2,1-2H3,(H,22,26)/t12-/m0/s1.